The molecule has 27 heavy (non-hydrogen) atoms. The monoisotopic (exact) mass is 374 g/mol. The number of nitrogens with one attached hydrogen (secondary N) is 2. The topological polar surface area (TPSA) is 93.7 Å². The van der Waals surface area contributed by atoms with Gasteiger partial charge in [0.05, 0.1) is 0 Å². The van der Waals surface area contributed by atoms with Crippen molar-refractivity contribution < 1.29 is 28.2 Å². The van der Waals surface area contributed by atoms with Crippen molar-refractivity contribution in [3.8, 4) is 5.75 Å². The molecule has 1 atom stereocenters. The molecule has 0 saturated carbocycles. The quantitative estimate of drug-likeness (QED) is 0.727. The number of ether oxygens (including phenoxy) is 2. The average Bonchev–Trinajstić information content (AvgIpc) is 2.61. The number of amides is 2. The minimum absolute atomic E-state index is 0.184. The maximum Gasteiger partial charge on any atom is 0.344 e. The lowest BCUT2D eigenvalue weighted by molar-refractivity contribution is -0.155. The van der Waals surface area contributed by atoms with Crippen LogP contribution >= 0.6 is 0 Å². The second-order valence-electron chi connectivity index (χ2n) is 5.63. The number of anilines is 2. The van der Waals surface area contributed by atoms with Crippen LogP contribution in [0.2, 0.25) is 0 Å². The van der Waals surface area contributed by atoms with E-state index < -0.39 is 30.4 Å². The summed E-state index contributed by atoms with van der Waals surface area (Å²) in [6.07, 6.45) is -1.05. The maximum absolute atomic E-state index is 13.0. The van der Waals surface area contributed by atoms with Crippen molar-refractivity contribution in [2.24, 2.45) is 0 Å². The molecule has 2 aromatic rings. The molecule has 2 amide bonds. The van der Waals surface area contributed by atoms with E-state index in [4.69, 9.17) is 9.47 Å². The zero-order valence-corrected chi connectivity index (χ0v) is 14.8. The zero-order chi connectivity index (χ0) is 19.8. The van der Waals surface area contributed by atoms with Crippen LogP contribution in [0.5, 0.6) is 5.75 Å². The molecule has 2 aromatic carbocycles. The highest BCUT2D eigenvalue weighted by atomic mass is 19.1. The maximum atomic E-state index is 13.0. The summed E-state index contributed by atoms with van der Waals surface area (Å²) in [7, 11) is 0. The Bertz CT molecular complexity index is 823. The van der Waals surface area contributed by atoms with Crippen molar-refractivity contribution in [2.75, 3.05) is 17.2 Å². The molecular formula is C19H19FN2O5. The first-order chi connectivity index (χ1) is 12.8. The summed E-state index contributed by atoms with van der Waals surface area (Å²) < 4.78 is 23.1. The molecule has 0 bridgehead atoms. The fourth-order valence-electron chi connectivity index (χ4n) is 2.07. The Balaban J connectivity index is 1.80. The third kappa shape index (κ3) is 6.77. The van der Waals surface area contributed by atoms with Gasteiger partial charge >= 0.3 is 5.97 Å². The van der Waals surface area contributed by atoms with E-state index in [1.165, 1.54) is 32.0 Å². The third-order valence-electron chi connectivity index (χ3n) is 3.30. The molecular weight excluding hydrogens is 355 g/mol. The SMILES string of the molecule is CC(=O)Nc1ccc(NC(=O)[C@@H](C)OC(=O)COc2cccc(F)c2)cc1. The van der Waals surface area contributed by atoms with Gasteiger partial charge in [0.25, 0.3) is 5.91 Å². The second-order valence-corrected chi connectivity index (χ2v) is 5.63. The second kappa shape index (κ2) is 9.33. The van der Waals surface area contributed by atoms with Crippen LogP contribution < -0.4 is 15.4 Å². The van der Waals surface area contributed by atoms with Gasteiger partial charge in [-0.3, -0.25) is 9.59 Å². The van der Waals surface area contributed by atoms with E-state index in [1.54, 1.807) is 24.3 Å². The Morgan fingerprint density at radius 3 is 2.26 bits per heavy atom. The summed E-state index contributed by atoms with van der Waals surface area (Å²) in [5, 5.41) is 5.20. The highest BCUT2D eigenvalue weighted by Crippen LogP contribution is 2.14. The first-order valence-corrected chi connectivity index (χ1v) is 8.10. The predicted octanol–water partition coefficient (Wildman–Crippen LogP) is 2.73. The fourth-order valence-corrected chi connectivity index (χ4v) is 2.07. The fraction of sp³-hybridized carbons (Fsp3) is 0.211. The lowest BCUT2D eigenvalue weighted by Gasteiger charge is -2.14. The Morgan fingerprint density at radius 1 is 1.04 bits per heavy atom. The van der Waals surface area contributed by atoms with E-state index in [2.05, 4.69) is 10.6 Å². The van der Waals surface area contributed by atoms with Gasteiger partial charge in [-0.2, -0.15) is 0 Å². The first-order valence-electron chi connectivity index (χ1n) is 8.10. The van der Waals surface area contributed by atoms with Crippen LogP contribution in [0, 0.1) is 5.82 Å². The molecule has 0 saturated heterocycles. The van der Waals surface area contributed by atoms with Gasteiger partial charge in [0.2, 0.25) is 5.91 Å². The van der Waals surface area contributed by atoms with Crippen LogP contribution in [0.3, 0.4) is 0 Å². The van der Waals surface area contributed by atoms with Crippen LogP contribution in [0.4, 0.5) is 15.8 Å². The lowest BCUT2D eigenvalue weighted by Crippen LogP contribution is -2.31. The van der Waals surface area contributed by atoms with Crippen molar-refractivity contribution in [3.05, 3.63) is 54.3 Å². The number of benzene rings is 2. The van der Waals surface area contributed by atoms with Crippen molar-refractivity contribution in [1.82, 2.24) is 0 Å². The number of rotatable bonds is 7. The molecule has 0 aliphatic rings. The molecule has 8 heteroatoms. The van der Waals surface area contributed by atoms with Crippen LogP contribution in [0.25, 0.3) is 0 Å². The molecule has 0 aliphatic carbocycles. The van der Waals surface area contributed by atoms with Gasteiger partial charge in [0.1, 0.15) is 11.6 Å². The summed E-state index contributed by atoms with van der Waals surface area (Å²) in [5.74, 6) is -1.79. The van der Waals surface area contributed by atoms with E-state index in [1.807, 2.05) is 0 Å². The van der Waals surface area contributed by atoms with Crippen molar-refractivity contribution >= 4 is 29.2 Å². The number of halogens is 1. The smallest absolute Gasteiger partial charge is 0.344 e. The number of hydrogen-bond acceptors (Lipinski definition) is 5. The highest BCUT2D eigenvalue weighted by molar-refractivity contribution is 5.95. The number of carbonyl (C=O) groups excluding carboxylic acids is 3. The minimum atomic E-state index is -1.05. The van der Waals surface area contributed by atoms with Gasteiger partial charge in [0, 0.05) is 24.4 Å². The van der Waals surface area contributed by atoms with Gasteiger partial charge in [-0.05, 0) is 43.3 Å². The van der Waals surface area contributed by atoms with Crippen molar-refractivity contribution in [2.45, 2.75) is 20.0 Å². The summed E-state index contributed by atoms with van der Waals surface area (Å²) in [4.78, 5) is 34.8. The normalized spacial score (nSPS) is 11.2. The van der Waals surface area contributed by atoms with Crippen LogP contribution in [-0.4, -0.2) is 30.5 Å². The molecule has 0 fully saturated rings. The van der Waals surface area contributed by atoms with E-state index in [0.29, 0.717) is 11.4 Å². The average molecular weight is 374 g/mol. The predicted molar refractivity (Wildman–Crippen MR) is 96.8 cm³/mol. The Labute approximate surface area is 155 Å². The molecule has 2 rings (SSSR count). The van der Waals surface area contributed by atoms with Crippen molar-refractivity contribution in [3.63, 3.8) is 0 Å². The summed E-state index contributed by atoms with van der Waals surface area (Å²) in [6, 6.07) is 11.8. The summed E-state index contributed by atoms with van der Waals surface area (Å²) in [6.45, 7) is 2.36. The van der Waals surface area contributed by atoms with Crippen LogP contribution in [0.15, 0.2) is 48.5 Å². The van der Waals surface area contributed by atoms with E-state index >= 15 is 0 Å². The zero-order valence-electron chi connectivity index (χ0n) is 14.8. The first kappa shape index (κ1) is 19.9. The van der Waals surface area contributed by atoms with Crippen LogP contribution in [-0.2, 0) is 19.1 Å². The van der Waals surface area contributed by atoms with Crippen molar-refractivity contribution in [1.29, 1.82) is 0 Å². The molecule has 142 valence electrons. The van der Waals surface area contributed by atoms with Gasteiger partial charge in [-0.25, -0.2) is 9.18 Å². The number of hydrogen-bond donors (Lipinski definition) is 2. The minimum Gasteiger partial charge on any atom is -0.482 e. The van der Waals surface area contributed by atoms with E-state index in [-0.39, 0.29) is 11.7 Å². The van der Waals surface area contributed by atoms with Gasteiger partial charge in [0.15, 0.2) is 12.7 Å². The molecule has 0 spiro atoms. The molecule has 0 heterocycles. The van der Waals surface area contributed by atoms with Gasteiger partial charge < -0.3 is 20.1 Å². The number of esters is 1. The Morgan fingerprint density at radius 2 is 1.67 bits per heavy atom. The standard InChI is InChI=1S/C19H19FN2O5/c1-12(27-18(24)11-26-17-5-3-4-14(20)10-17)19(25)22-16-8-6-15(7-9-16)21-13(2)23/h3-10,12H,11H2,1-2H3,(H,21,23)(H,22,25)/t12-/m1/s1. The molecule has 0 radical (unpaired) electrons. The third-order valence-corrected chi connectivity index (χ3v) is 3.30. The summed E-state index contributed by atoms with van der Waals surface area (Å²) in [5.41, 5.74) is 1.07. The largest absolute Gasteiger partial charge is 0.482 e. The Hall–Kier alpha value is -3.42. The summed E-state index contributed by atoms with van der Waals surface area (Å²) >= 11 is 0. The van der Waals surface area contributed by atoms with Crippen LogP contribution in [0.1, 0.15) is 13.8 Å². The Kier molecular flexibility index (Phi) is 6.87. The highest BCUT2D eigenvalue weighted by Gasteiger charge is 2.18. The molecule has 0 aliphatic heterocycles. The van der Waals surface area contributed by atoms with Gasteiger partial charge in [-0.1, -0.05) is 6.07 Å². The number of carbonyl (C=O) groups is 3. The molecule has 0 unspecified atom stereocenters. The lowest BCUT2D eigenvalue weighted by atomic mass is 10.2. The van der Waals surface area contributed by atoms with E-state index in [9.17, 15) is 18.8 Å². The van der Waals surface area contributed by atoms with E-state index in [0.717, 1.165) is 6.07 Å². The molecule has 0 aromatic heterocycles. The van der Waals surface area contributed by atoms with Gasteiger partial charge in [-0.15, -0.1) is 0 Å². The molecule has 2 N–H and O–H groups in total. The molecule has 7 nitrogen and oxygen atoms in total.